The van der Waals surface area contributed by atoms with Gasteiger partial charge in [-0.25, -0.2) is 13.6 Å². The summed E-state index contributed by atoms with van der Waals surface area (Å²) >= 11 is 0. The number of carbonyl (C=O) groups excluding carboxylic acids is 1. The van der Waals surface area contributed by atoms with E-state index in [0.717, 1.165) is 28.8 Å². The van der Waals surface area contributed by atoms with Gasteiger partial charge in [-0.2, -0.15) is 0 Å². The van der Waals surface area contributed by atoms with Crippen molar-refractivity contribution in [1.29, 1.82) is 0 Å². The molecule has 2 rings (SSSR count). The Morgan fingerprint density at radius 1 is 1.12 bits per heavy atom. The van der Waals surface area contributed by atoms with Gasteiger partial charge in [0.25, 0.3) is 0 Å². The highest BCUT2D eigenvalue weighted by molar-refractivity contribution is 5.91. The van der Waals surface area contributed by atoms with Gasteiger partial charge in [0.15, 0.2) is 0 Å². The predicted molar refractivity (Wildman–Crippen MR) is 89.0 cm³/mol. The second kappa shape index (κ2) is 7.40. The van der Waals surface area contributed by atoms with Crippen molar-refractivity contribution in [2.75, 3.05) is 11.9 Å². The zero-order valence-electron chi connectivity index (χ0n) is 13.8. The third-order valence-electron chi connectivity index (χ3n) is 3.69. The molecule has 1 atom stereocenters. The topological polar surface area (TPSA) is 61.4 Å². The van der Waals surface area contributed by atoms with Crippen LogP contribution in [0.5, 0.6) is 0 Å². The smallest absolute Gasteiger partial charge is 0.319 e. The van der Waals surface area contributed by atoms with E-state index >= 15 is 0 Å². The van der Waals surface area contributed by atoms with Gasteiger partial charge in [-0.1, -0.05) is 23.8 Å². The van der Waals surface area contributed by atoms with Crippen molar-refractivity contribution in [1.82, 2.24) is 5.32 Å². The molecule has 6 heteroatoms. The summed E-state index contributed by atoms with van der Waals surface area (Å²) in [4.78, 5) is 12.0. The highest BCUT2D eigenvalue weighted by Gasteiger charge is 2.15. The molecule has 4 nitrogen and oxygen atoms in total. The second-order valence-electron chi connectivity index (χ2n) is 5.79. The fourth-order valence-electron chi connectivity index (χ4n) is 2.61. The number of aliphatic hydroxyl groups excluding tert-OH is 1. The van der Waals surface area contributed by atoms with Gasteiger partial charge in [-0.3, -0.25) is 0 Å². The van der Waals surface area contributed by atoms with E-state index in [0.29, 0.717) is 11.8 Å². The molecular formula is C18H20F2N2O2. The van der Waals surface area contributed by atoms with Crippen LogP contribution in [-0.2, 0) is 0 Å². The van der Waals surface area contributed by atoms with E-state index in [4.69, 9.17) is 0 Å². The quantitative estimate of drug-likeness (QED) is 0.797. The van der Waals surface area contributed by atoms with Crippen LogP contribution in [0.1, 0.15) is 28.4 Å². The molecule has 128 valence electrons. The van der Waals surface area contributed by atoms with Gasteiger partial charge in [0.1, 0.15) is 11.6 Å². The summed E-state index contributed by atoms with van der Waals surface area (Å²) in [6, 6.07) is 6.30. The lowest BCUT2D eigenvalue weighted by molar-refractivity contribution is 0.170. The molecule has 24 heavy (non-hydrogen) atoms. The molecule has 0 saturated heterocycles. The minimum Gasteiger partial charge on any atom is -0.386 e. The van der Waals surface area contributed by atoms with Gasteiger partial charge in [0, 0.05) is 23.9 Å². The van der Waals surface area contributed by atoms with Gasteiger partial charge in [0.05, 0.1) is 6.10 Å². The molecule has 1 unspecified atom stereocenters. The van der Waals surface area contributed by atoms with E-state index in [2.05, 4.69) is 10.6 Å². The summed E-state index contributed by atoms with van der Waals surface area (Å²) in [5.41, 5.74) is 3.57. The molecule has 0 fully saturated rings. The zero-order valence-corrected chi connectivity index (χ0v) is 13.8. The first-order valence-corrected chi connectivity index (χ1v) is 7.53. The Kier molecular flexibility index (Phi) is 5.51. The fraction of sp³-hybridized carbons (Fsp3) is 0.278. The summed E-state index contributed by atoms with van der Waals surface area (Å²) in [7, 11) is 0. The third-order valence-corrected chi connectivity index (χ3v) is 3.69. The van der Waals surface area contributed by atoms with E-state index in [1.165, 1.54) is 0 Å². The van der Waals surface area contributed by atoms with Crippen LogP contribution in [0.15, 0.2) is 30.3 Å². The maximum atomic E-state index is 13.6. The number of amides is 2. The van der Waals surface area contributed by atoms with E-state index < -0.39 is 23.8 Å². The molecule has 0 aliphatic rings. The normalized spacial score (nSPS) is 11.9. The minimum absolute atomic E-state index is 0.0700. The maximum absolute atomic E-state index is 13.6. The van der Waals surface area contributed by atoms with Gasteiger partial charge in [0.2, 0.25) is 0 Å². The number of urea groups is 1. The first-order chi connectivity index (χ1) is 11.3. The number of anilines is 1. The largest absolute Gasteiger partial charge is 0.386 e. The van der Waals surface area contributed by atoms with Gasteiger partial charge < -0.3 is 15.7 Å². The molecule has 0 aliphatic heterocycles. The fourth-order valence-corrected chi connectivity index (χ4v) is 2.61. The van der Waals surface area contributed by atoms with E-state index in [1.54, 1.807) is 0 Å². The highest BCUT2D eigenvalue weighted by atomic mass is 19.1. The monoisotopic (exact) mass is 334 g/mol. The lowest BCUT2D eigenvalue weighted by atomic mass is 10.1. The van der Waals surface area contributed by atoms with Crippen LogP contribution in [0.2, 0.25) is 0 Å². The van der Waals surface area contributed by atoms with Crippen LogP contribution in [-0.4, -0.2) is 17.7 Å². The molecular weight excluding hydrogens is 314 g/mol. The summed E-state index contributed by atoms with van der Waals surface area (Å²) in [5, 5.41) is 15.1. The van der Waals surface area contributed by atoms with Crippen LogP contribution in [0.3, 0.4) is 0 Å². The molecule has 0 radical (unpaired) electrons. The molecule has 0 spiro atoms. The number of aliphatic hydroxyl groups is 1. The molecule has 2 aromatic carbocycles. The number of benzene rings is 2. The predicted octanol–water partition coefficient (Wildman–Crippen LogP) is 3.75. The number of halogens is 2. The highest BCUT2D eigenvalue weighted by Crippen LogP contribution is 2.22. The standard InChI is InChI=1S/C18H20F2N2O2/c1-10-6-11(2)17(12(3)7-10)22-18(24)21-9-16(23)14-5-4-13(19)8-15(14)20/h4-8,16,23H,9H2,1-3H3,(H2,21,22,24). The van der Waals surface area contributed by atoms with Crippen molar-refractivity contribution < 1.29 is 18.7 Å². The Hall–Kier alpha value is -2.47. The van der Waals surface area contributed by atoms with Gasteiger partial charge >= 0.3 is 6.03 Å². The summed E-state index contributed by atoms with van der Waals surface area (Å²) in [6.45, 7) is 5.55. The molecule has 2 amide bonds. The van der Waals surface area contributed by atoms with Crippen molar-refractivity contribution in [2.45, 2.75) is 26.9 Å². The number of carbonyl (C=O) groups is 1. The molecule has 2 aromatic rings. The van der Waals surface area contributed by atoms with Crippen LogP contribution in [0, 0.1) is 32.4 Å². The number of rotatable bonds is 4. The van der Waals surface area contributed by atoms with Crippen molar-refractivity contribution in [3.05, 3.63) is 64.2 Å². The Bertz CT molecular complexity index is 740. The van der Waals surface area contributed by atoms with Crippen molar-refractivity contribution in [2.24, 2.45) is 0 Å². The number of aryl methyl sites for hydroxylation is 3. The summed E-state index contributed by atoms with van der Waals surface area (Å²) in [5.74, 6) is -1.57. The molecule has 3 N–H and O–H groups in total. The average Bonchev–Trinajstić information content (AvgIpc) is 2.48. The zero-order chi connectivity index (χ0) is 17.9. The lowest BCUT2D eigenvalue weighted by Gasteiger charge is -2.16. The summed E-state index contributed by atoms with van der Waals surface area (Å²) in [6.07, 6.45) is -1.27. The first-order valence-electron chi connectivity index (χ1n) is 7.53. The Morgan fingerprint density at radius 2 is 1.75 bits per heavy atom. The molecule has 0 saturated carbocycles. The SMILES string of the molecule is Cc1cc(C)c(NC(=O)NCC(O)c2ccc(F)cc2F)c(C)c1. The van der Waals surface area contributed by atoms with E-state index in [-0.39, 0.29) is 12.1 Å². The Morgan fingerprint density at radius 3 is 2.33 bits per heavy atom. The molecule has 0 bridgehead atoms. The van der Waals surface area contributed by atoms with Crippen molar-refractivity contribution in [3.63, 3.8) is 0 Å². The Labute approximate surface area is 139 Å². The van der Waals surface area contributed by atoms with Crippen LogP contribution >= 0.6 is 0 Å². The molecule has 0 aromatic heterocycles. The summed E-state index contributed by atoms with van der Waals surface area (Å²) < 4.78 is 26.5. The van der Waals surface area contributed by atoms with Crippen molar-refractivity contribution >= 4 is 11.7 Å². The number of hydrogen-bond donors (Lipinski definition) is 3. The number of hydrogen-bond acceptors (Lipinski definition) is 2. The maximum Gasteiger partial charge on any atom is 0.319 e. The second-order valence-corrected chi connectivity index (χ2v) is 5.79. The molecule has 0 heterocycles. The van der Waals surface area contributed by atoms with Gasteiger partial charge in [-0.15, -0.1) is 0 Å². The first kappa shape index (κ1) is 17.9. The van der Waals surface area contributed by atoms with Crippen LogP contribution in [0.4, 0.5) is 19.3 Å². The van der Waals surface area contributed by atoms with Crippen LogP contribution in [0.25, 0.3) is 0 Å². The van der Waals surface area contributed by atoms with E-state index in [1.807, 2.05) is 32.9 Å². The third kappa shape index (κ3) is 4.29. The molecule has 0 aliphatic carbocycles. The minimum atomic E-state index is -1.27. The van der Waals surface area contributed by atoms with Gasteiger partial charge in [-0.05, 0) is 38.0 Å². The van der Waals surface area contributed by atoms with Crippen molar-refractivity contribution in [3.8, 4) is 0 Å². The van der Waals surface area contributed by atoms with E-state index in [9.17, 15) is 18.7 Å². The number of nitrogens with one attached hydrogen (secondary N) is 2. The Balaban J connectivity index is 1.98. The van der Waals surface area contributed by atoms with Crippen LogP contribution < -0.4 is 10.6 Å². The lowest BCUT2D eigenvalue weighted by Crippen LogP contribution is -2.33. The average molecular weight is 334 g/mol.